The minimum Gasteiger partial charge on any atom is -0.384 e. The van der Waals surface area contributed by atoms with Gasteiger partial charge in [0.05, 0.1) is 12.3 Å². The fourth-order valence-corrected chi connectivity index (χ4v) is 3.34. The van der Waals surface area contributed by atoms with Crippen LogP contribution in [0.2, 0.25) is 0 Å². The maximum absolute atomic E-state index is 5.27. The lowest BCUT2D eigenvalue weighted by Crippen LogP contribution is -2.23. The maximum atomic E-state index is 5.27. The largest absolute Gasteiger partial charge is 0.384 e. The average molecular weight is 341 g/mol. The number of ether oxygens (including phenoxy) is 1. The summed E-state index contributed by atoms with van der Waals surface area (Å²) in [7, 11) is 1.79. The van der Waals surface area contributed by atoms with Crippen molar-refractivity contribution in [3.8, 4) is 0 Å². The molecule has 1 unspecified atom stereocenters. The highest BCUT2D eigenvalue weighted by Gasteiger charge is 2.23. The van der Waals surface area contributed by atoms with E-state index < -0.39 is 0 Å². The topological polar surface area (TPSA) is 24.5 Å². The van der Waals surface area contributed by atoms with Gasteiger partial charge in [0.15, 0.2) is 0 Å². The number of nitrogens with one attached hydrogen (secondary N) is 1. The zero-order valence-electron chi connectivity index (χ0n) is 12.7. The molecule has 0 spiro atoms. The van der Waals surface area contributed by atoms with Gasteiger partial charge in [-0.25, -0.2) is 0 Å². The molecule has 20 heavy (non-hydrogen) atoms. The summed E-state index contributed by atoms with van der Waals surface area (Å²) in [5, 5.41) is 3.45. The zero-order chi connectivity index (χ0) is 14.5. The van der Waals surface area contributed by atoms with E-state index in [1.807, 2.05) is 0 Å². The van der Waals surface area contributed by atoms with E-state index in [1.54, 1.807) is 7.11 Å². The van der Waals surface area contributed by atoms with Crippen LogP contribution >= 0.6 is 15.9 Å². The lowest BCUT2D eigenvalue weighted by atomic mass is 10.1. The molecular formula is C16H25BrN2O. The Morgan fingerprint density at radius 1 is 1.45 bits per heavy atom. The fraction of sp³-hybridized carbons (Fsp3) is 0.625. The first-order chi connectivity index (χ1) is 9.60. The monoisotopic (exact) mass is 340 g/mol. The SMILES string of the molecule is COCC1CCN(c2ccc(CNC(C)C)cc2Br)C1. The second-order valence-corrected chi connectivity index (χ2v) is 6.73. The molecule has 1 N–H and O–H groups in total. The Balaban J connectivity index is 1.99. The molecule has 0 aliphatic carbocycles. The van der Waals surface area contributed by atoms with Crippen LogP contribution < -0.4 is 10.2 Å². The Kier molecular flexibility index (Phi) is 5.87. The van der Waals surface area contributed by atoms with E-state index in [-0.39, 0.29) is 0 Å². The molecule has 1 aliphatic heterocycles. The molecule has 112 valence electrons. The van der Waals surface area contributed by atoms with Crippen LogP contribution in [0.15, 0.2) is 22.7 Å². The first-order valence-corrected chi connectivity index (χ1v) is 8.15. The van der Waals surface area contributed by atoms with Crippen molar-refractivity contribution in [2.75, 3.05) is 31.7 Å². The molecule has 2 rings (SSSR count). The molecule has 1 saturated heterocycles. The molecular weight excluding hydrogens is 316 g/mol. The third-order valence-corrected chi connectivity index (χ3v) is 4.39. The molecule has 1 fully saturated rings. The number of hydrogen-bond acceptors (Lipinski definition) is 3. The average Bonchev–Trinajstić information content (AvgIpc) is 2.85. The van der Waals surface area contributed by atoms with Crippen LogP contribution in [-0.4, -0.2) is 32.8 Å². The minimum atomic E-state index is 0.516. The number of nitrogens with zero attached hydrogens (tertiary/aromatic N) is 1. The third kappa shape index (κ3) is 4.21. The van der Waals surface area contributed by atoms with Crippen LogP contribution in [0.4, 0.5) is 5.69 Å². The van der Waals surface area contributed by atoms with E-state index in [0.29, 0.717) is 12.0 Å². The van der Waals surface area contributed by atoms with Crippen LogP contribution in [0.5, 0.6) is 0 Å². The number of rotatable bonds is 6. The molecule has 3 nitrogen and oxygen atoms in total. The number of hydrogen-bond donors (Lipinski definition) is 1. The molecule has 0 aromatic heterocycles. The van der Waals surface area contributed by atoms with Gasteiger partial charge in [-0.05, 0) is 40.0 Å². The van der Waals surface area contributed by atoms with Gasteiger partial charge in [0.1, 0.15) is 0 Å². The van der Waals surface area contributed by atoms with E-state index in [1.165, 1.54) is 22.1 Å². The zero-order valence-corrected chi connectivity index (χ0v) is 14.2. The van der Waals surface area contributed by atoms with Gasteiger partial charge in [0.25, 0.3) is 0 Å². The van der Waals surface area contributed by atoms with Crippen LogP contribution in [0.3, 0.4) is 0 Å². The van der Waals surface area contributed by atoms with Crippen molar-refractivity contribution < 1.29 is 4.74 Å². The normalized spacial score (nSPS) is 19.1. The molecule has 1 atom stereocenters. The molecule has 1 heterocycles. The summed E-state index contributed by atoms with van der Waals surface area (Å²) < 4.78 is 6.46. The number of benzene rings is 1. The summed E-state index contributed by atoms with van der Waals surface area (Å²) in [6, 6.07) is 7.20. The molecule has 1 aromatic carbocycles. The first-order valence-electron chi connectivity index (χ1n) is 7.36. The van der Waals surface area contributed by atoms with Crippen molar-refractivity contribution in [3.63, 3.8) is 0 Å². The van der Waals surface area contributed by atoms with Crippen molar-refractivity contribution in [3.05, 3.63) is 28.2 Å². The van der Waals surface area contributed by atoms with Gasteiger partial charge in [-0.1, -0.05) is 19.9 Å². The molecule has 1 aliphatic rings. The summed E-state index contributed by atoms with van der Waals surface area (Å²) in [5.41, 5.74) is 2.62. The van der Waals surface area contributed by atoms with Gasteiger partial charge in [-0.3, -0.25) is 0 Å². The Bertz CT molecular complexity index is 436. The fourth-order valence-electron chi connectivity index (χ4n) is 2.66. The summed E-state index contributed by atoms with van der Waals surface area (Å²) in [6.45, 7) is 8.34. The van der Waals surface area contributed by atoms with E-state index in [9.17, 15) is 0 Å². The van der Waals surface area contributed by atoms with Gasteiger partial charge < -0.3 is 15.0 Å². The smallest absolute Gasteiger partial charge is 0.0510 e. The predicted octanol–water partition coefficient (Wildman–Crippen LogP) is 3.42. The van der Waals surface area contributed by atoms with Crippen molar-refractivity contribution in [1.29, 1.82) is 0 Å². The highest BCUT2D eigenvalue weighted by atomic mass is 79.9. The molecule has 1 aromatic rings. The first kappa shape index (κ1) is 15.8. The van der Waals surface area contributed by atoms with Gasteiger partial charge in [0, 0.05) is 43.2 Å². The van der Waals surface area contributed by atoms with Crippen molar-refractivity contribution >= 4 is 21.6 Å². The van der Waals surface area contributed by atoms with Crippen LogP contribution in [0.1, 0.15) is 25.8 Å². The number of halogens is 1. The van der Waals surface area contributed by atoms with Gasteiger partial charge >= 0.3 is 0 Å². The minimum absolute atomic E-state index is 0.516. The lowest BCUT2D eigenvalue weighted by Gasteiger charge is -2.21. The molecule has 0 amide bonds. The van der Waals surface area contributed by atoms with Crippen molar-refractivity contribution in [2.24, 2.45) is 5.92 Å². The van der Waals surface area contributed by atoms with E-state index in [0.717, 1.165) is 26.2 Å². The summed E-state index contributed by atoms with van der Waals surface area (Å²) in [5.74, 6) is 0.661. The van der Waals surface area contributed by atoms with Crippen molar-refractivity contribution in [2.45, 2.75) is 32.9 Å². The Morgan fingerprint density at radius 2 is 2.25 bits per heavy atom. The van der Waals surface area contributed by atoms with E-state index >= 15 is 0 Å². The highest BCUT2D eigenvalue weighted by Crippen LogP contribution is 2.31. The predicted molar refractivity (Wildman–Crippen MR) is 88.3 cm³/mol. The van der Waals surface area contributed by atoms with E-state index in [2.05, 4.69) is 58.2 Å². The summed E-state index contributed by atoms with van der Waals surface area (Å²) in [6.07, 6.45) is 1.22. The Labute approximate surface area is 130 Å². The van der Waals surface area contributed by atoms with Gasteiger partial charge in [0.2, 0.25) is 0 Å². The van der Waals surface area contributed by atoms with Crippen molar-refractivity contribution in [1.82, 2.24) is 5.32 Å². The molecule has 0 bridgehead atoms. The second-order valence-electron chi connectivity index (χ2n) is 5.88. The van der Waals surface area contributed by atoms with Gasteiger partial charge in [-0.2, -0.15) is 0 Å². The molecule has 4 heteroatoms. The quantitative estimate of drug-likeness (QED) is 0.858. The lowest BCUT2D eigenvalue weighted by molar-refractivity contribution is 0.161. The second kappa shape index (κ2) is 7.43. The highest BCUT2D eigenvalue weighted by molar-refractivity contribution is 9.10. The van der Waals surface area contributed by atoms with E-state index in [4.69, 9.17) is 4.74 Å². The number of methoxy groups -OCH3 is 1. The van der Waals surface area contributed by atoms with Crippen LogP contribution in [0, 0.1) is 5.92 Å². The summed E-state index contributed by atoms with van der Waals surface area (Å²) in [4.78, 5) is 2.45. The third-order valence-electron chi connectivity index (χ3n) is 3.76. The Morgan fingerprint density at radius 3 is 2.90 bits per heavy atom. The standard InChI is InChI=1S/C16H25BrN2O/c1-12(2)18-9-13-4-5-16(15(17)8-13)19-7-6-14(10-19)11-20-3/h4-5,8,12,14,18H,6-7,9-11H2,1-3H3. The Hall–Kier alpha value is -0.580. The number of anilines is 1. The summed E-state index contributed by atoms with van der Waals surface area (Å²) >= 11 is 3.72. The van der Waals surface area contributed by atoms with Crippen LogP contribution in [0.25, 0.3) is 0 Å². The van der Waals surface area contributed by atoms with Gasteiger partial charge in [-0.15, -0.1) is 0 Å². The molecule has 0 saturated carbocycles. The maximum Gasteiger partial charge on any atom is 0.0510 e. The van der Waals surface area contributed by atoms with Crippen LogP contribution in [-0.2, 0) is 11.3 Å². The molecule has 0 radical (unpaired) electrons.